The van der Waals surface area contributed by atoms with Crippen LogP contribution in [-0.2, 0) is 6.54 Å². The van der Waals surface area contributed by atoms with E-state index in [1.165, 1.54) is 12.4 Å². The predicted octanol–water partition coefficient (Wildman–Crippen LogP) is 0.755. The molecule has 23 heavy (non-hydrogen) atoms. The lowest BCUT2D eigenvalue weighted by atomic mass is 10.2. The molecule has 0 aliphatic rings. The van der Waals surface area contributed by atoms with Crippen LogP contribution in [0.4, 0.5) is 13.2 Å². The summed E-state index contributed by atoms with van der Waals surface area (Å²) in [5, 5.41) is 5.73. The molecule has 0 aliphatic carbocycles. The number of aromatic nitrogens is 5. The molecule has 1 aromatic carbocycles. The molecular weight excluding hydrogens is 319 g/mol. The normalized spacial score (nSPS) is 11.8. The second-order valence-electron chi connectivity index (χ2n) is 4.53. The monoisotopic (exact) mass is 327 g/mol. The Hall–Kier alpha value is -3.11. The van der Waals surface area contributed by atoms with Crippen LogP contribution < -0.4 is 16.0 Å². The fourth-order valence-electron chi connectivity index (χ4n) is 1.99. The lowest BCUT2D eigenvalue weighted by molar-refractivity contribution is -0.274. The highest BCUT2D eigenvalue weighted by molar-refractivity contribution is 5.78. The first-order valence-electron chi connectivity index (χ1n) is 6.20. The molecule has 0 bridgehead atoms. The number of nitrogens with one attached hydrogen (secondary N) is 2. The smallest absolute Gasteiger partial charge is 0.406 e. The van der Waals surface area contributed by atoms with Crippen molar-refractivity contribution in [2.45, 2.75) is 12.9 Å². The number of halogens is 3. The van der Waals surface area contributed by atoms with Crippen LogP contribution in [0.2, 0.25) is 0 Å². The summed E-state index contributed by atoms with van der Waals surface area (Å²) in [6, 6.07) is 3.28. The number of ether oxygens (including phenoxy) is 1. The second-order valence-corrected chi connectivity index (χ2v) is 4.53. The number of alkyl halides is 3. The number of nitrogens with zero attached hydrogens (tertiary/aromatic N) is 3. The topological polar surface area (TPSA) is 106 Å². The number of aromatic amines is 2. The Morgan fingerprint density at radius 2 is 2.04 bits per heavy atom. The minimum Gasteiger partial charge on any atom is -0.406 e. The Morgan fingerprint density at radius 3 is 2.70 bits per heavy atom. The largest absolute Gasteiger partial charge is 0.573 e. The molecule has 0 spiro atoms. The standard InChI is InChI=1S/C12H8F3N5O3/c13-12(14,15)23-6-1-2-8-7(3-6)10(21)20(5-16-8)4-9-17-11(22)19-18-9/h1-3,5H,4H2,(H2,17,18,19,22). The molecule has 0 radical (unpaired) electrons. The number of H-pyrrole nitrogens is 2. The van der Waals surface area contributed by atoms with Crippen molar-refractivity contribution in [3.63, 3.8) is 0 Å². The first-order valence-corrected chi connectivity index (χ1v) is 6.20. The molecule has 8 nitrogen and oxygen atoms in total. The van der Waals surface area contributed by atoms with Crippen molar-refractivity contribution in [3.05, 3.63) is 51.2 Å². The van der Waals surface area contributed by atoms with E-state index in [9.17, 15) is 22.8 Å². The van der Waals surface area contributed by atoms with E-state index in [1.807, 2.05) is 0 Å². The van der Waals surface area contributed by atoms with E-state index in [0.29, 0.717) is 0 Å². The zero-order valence-corrected chi connectivity index (χ0v) is 11.2. The Morgan fingerprint density at radius 1 is 1.26 bits per heavy atom. The predicted molar refractivity (Wildman–Crippen MR) is 71.0 cm³/mol. The maximum Gasteiger partial charge on any atom is 0.573 e. The number of hydrogen-bond donors (Lipinski definition) is 2. The fourth-order valence-corrected chi connectivity index (χ4v) is 1.99. The van der Waals surface area contributed by atoms with Gasteiger partial charge in [-0.25, -0.2) is 14.9 Å². The molecule has 0 atom stereocenters. The van der Waals surface area contributed by atoms with Crippen LogP contribution in [0.5, 0.6) is 5.75 Å². The van der Waals surface area contributed by atoms with Gasteiger partial charge in [-0.3, -0.25) is 14.3 Å². The van der Waals surface area contributed by atoms with Crippen LogP contribution in [0.1, 0.15) is 5.82 Å². The quantitative estimate of drug-likeness (QED) is 0.738. The highest BCUT2D eigenvalue weighted by atomic mass is 19.4. The van der Waals surface area contributed by atoms with E-state index in [4.69, 9.17) is 0 Å². The lowest BCUT2D eigenvalue weighted by Gasteiger charge is -2.09. The summed E-state index contributed by atoms with van der Waals surface area (Å²) in [6.45, 7) is -0.0924. The Labute approximate surface area is 124 Å². The minimum atomic E-state index is -4.86. The summed E-state index contributed by atoms with van der Waals surface area (Å²) in [7, 11) is 0. The van der Waals surface area contributed by atoms with Gasteiger partial charge in [0.05, 0.1) is 23.8 Å². The van der Waals surface area contributed by atoms with E-state index in [-0.39, 0.29) is 23.3 Å². The molecule has 0 unspecified atom stereocenters. The van der Waals surface area contributed by atoms with E-state index in [0.717, 1.165) is 16.7 Å². The van der Waals surface area contributed by atoms with Gasteiger partial charge in [-0.1, -0.05) is 0 Å². The van der Waals surface area contributed by atoms with Gasteiger partial charge in [0.2, 0.25) is 0 Å². The SMILES string of the molecule is O=c1[nH]nc(Cn2cnc3ccc(OC(F)(F)F)cc3c2=O)[nH]1. The van der Waals surface area contributed by atoms with E-state index in [2.05, 4.69) is 24.9 Å². The van der Waals surface area contributed by atoms with Crippen LogP contribution >= 0.6 is 0 Å². The van der Waals surface area contributed by atoms with Gasteiger partial charge >= 0.3 is 12.1 Å². The van der Waals surface area contributed by atoms with Crippen molar-refractivity contribution in [3.8, 4) is 5.75 Å². The van der Waals surface area contributed by atoms with E-state index < -0.39 is 23.4 Å². The minimum absolute atomic E-state index is 0.0490. The number of rotatable bonds is 3. The third-order valence-corrected chi connectivity index (χ3v) is 2.90. The molecule has 3 rings (SSSR count). The molecule has 0 fully saturated rings. The van der Waals surface area contributed by atoms with Crippen LogP contribution in [0, 0.1) is 0 Å². The summed E-state index contributed by atoms with van der Waals surface area (Å²) in [6.07, 6.45) is -3.65. The van der Waals surface area contributed by atoms with E-state index >= 15 is 0 Å². The summed E-state index contributed by atoms with van der Waals surface area (Å²) >= 11 is 0. The molecule has 2 N–H and O–H groups in total. The van der Waals surface area contributed by atoms with Crippen LogP contribution in [-0.4, -0.2) is 31.1 Å². The molecule has 0 saturated carbocycles. The fraction of sp³-hybridized carbons (Fsp3) is 0.167. The highest BCUT2D eigenvalue weighted by Gasteiger charge is 2.31. The van der Waals surface area contributed by atoms with Gasteiger partial charge in [-0.2, -0.15) is 5.10 Å². The molecule has 0 saturated heterocycles. The first kappa shape index (κ1) is 14.8. The molecule has 0 aliphatic heterocycles. The van der Waals surface area contributed by atoms with Gasteiger partial charge in [-0.15, -0.1) is 13.2 Å². The zero-order chi connectivity index (χ0) is 16.6. The maximum atomic E-state index is 12.3. The third-order valence-electron chi connectivity index (χ3n) is 2.90. The van der Waals surface area contributed by atoms with Gasteiger partial charge in [0, 0.05) is 0 Å². The summed E-state index contributed by atoms with van der Waals surface area (Å²) in [5.74, 6) is -0.337. The number of benzene rings is 1. The van der Waals surface area contributed by atoms with Gasteiger partial charge in [0.1, 0.15) is 5.75 Å². The highest BCUT2D eigenvalue weighted by Crippen LogP contribution is 2.24. The van der Waals surface area contributed by atoms with Crippen molar-refractivity contribution in [1.29, 1.82) is 0 Å². The van der Waals surface area contributed by atoms with Crippen molar-refractivity contribution in [1.82, 2.24) is 24.7 Å². The Kier molecular flexibility index (Phi) is 3.39. The average molecular weight is 327 g/mol. The Balaban J connectivity index is 2.02. The van der Waals surface area contributed by atoms with Crippen molar-refractivity contribution < 1.29 is 17.9 Å². The molecule has 2 heterocycles. The van der Waals surface area contributed by atoms with Crippen molar-refractivity contribution in [2.24, 2.45) is 0 Å². The van der Waals surface area contributed by atoms with E-state index in [1.54, 1.807) is 0 Å². The average Bonchev–Trinajstić information content (AvgIpc) is 2.86. The second kappa shape index (κ2) is 5.26. The van der Waals surface area contributed by atoms with Crippen molar-refractivity contribution in [2.75, 3.05) is 0 Å². The summed E-state index contributed by atoms with van der Waals surface area (Å²) in [5.41, 5.74) is -0.912. The van der Waals surface area contributed by atoms with Crippen LogP contribution in [0.3, 0.4) is 0 Å². The van der Waals surface area contributed by atoms with Crippen LogP contribution in [0.15, 0.2) is 34.1 Å². The zero-order valence-electron chi connectivity index (χ0n) is 11.2. The Bertz CT molecular complexity index is 972. The molecular formula is C12H8F3N5O3. The van der Waals surface area contributed by atoms with Gasteiger partial charge in [-0.05, 0) is 18.2 Å². The van der Waals surface area contributed by atoms with Crippen LogP contribution in [0.25, 0.3) is 10.9 Å². The molecule has 3 aromatic rings. The molecule has 0 amide bonds. The van der Waals surface area contributed by atoms with Gasteiger partial charge in [0.15, 0.2) is 5.82 Å². The number of hydrogen-bond acceptors (Lipinski definition) is 5. The molecule has 2 aromatic heterocycles. The maximum absolute atomic E-state index is 12.3. The first-order chi connectivity index (χ1) is 10.8. The lowest BCUT2D eigenvalue weighted by Crippen LogP contribution is -2.22. The number of fused-ring (bicyclic) bond motifs is 1. The third kappa shape index (κ3) is 3.22. The molecule has 11 heteroatoms. The van der Waals surface area contributed by atoms with Gasteiger partial charge < -0.3 is 4.74 Å². The molecule has 120 valence electrons. The summed E-state index contributed by atoms with van der Waals surface area (Å²) < 4.78 is 41.6. The van der Waals surface area contributed by atoms with Gasteiger partial charge in [0.25, 0.3) is 5.56 Å². The summed E-state index contributed by atoms with van der Waals surface area (Å²) in [4.78, 5) is 29.6. The van der Waals surface area contributed by atoms with Crippen molar-refractivity contribution >= 4 is 10.9 Å².